The van der Waals surface area contributed by atoms with Crippen molar-refractivity contribution in [3.05, 3.63) is 62.5 Å². The van der Waals surface area contributed by atoms with Crippen LogP contribution in [0.5, 0.6) is 0 Å². The van der Waals surface area contributed by atoms with Crippen LogP contribution in [0.3, 0.4) is 0 Å². The number of nitrogens with zero attached hydrogens (tertiary/aromatic N) is 1. The lowest BCUT2D eigenvalue weighted by molar-refractivity contribution is -0.120. The van der Waals surface area contributed by atoms with E-state index in [1.54, 1.807) is 12.1 Å². The molecule has 9 heteroatoms. The zero-order valence-corrected chi connectivity index (χ0v) is 18.8. The van der Waals surface area contributed by atoms with E-state index in [0.717, 1.165) is 10.2 Å². The molecule has 2 aromatic rings. The molecule has 0 spiro atoms. The largest absolute Gasteiger partial charge is 0.326 e. The van der Waals surface area contributed by atoms with E-state index in [1.165, 1.54) is 10.4 Å². The summed E-state index contributed by atoms with van der Waals surface area (Å²) >= 11 is 15.3. The summed E-state index contributed by atoms with van der Waals surface area (Å²) < 4.78 is 27.8. The zero-order valence-electron chi connectivity index (χ0n) is 14.9. The highest BCUT2D eigenvalue weighted by molar-refractivity contribution is 9.10. The Labute approximate surface area is 183 Å². The maximum Gasteiger partial charge on any atom is 0.227 e. The van der Waals surface area contributed by atoms with Gasteiger partial charge in [-0.15, -0.1) is 0 Å². The minimum Gasteiger partial charge on any atom is -0.326 e. The minimum atomic E-state index is -3.52. The molecule has 0 bridgehead atoms. The number of sulfonamides is 1. The number of halogens is 3. The standard InChI is InChI=1S/C19H19BrCl2N2O3S/c20-15-2-5-17(6-3-15)23-19(25)13-7-9-24(10-8-13)28(26,27)12-14-1-4-16(21)11-18(14)22/h1-6,11,13H,7-10,12H2,(H,23,25). The van der Waals surface area contributed by atoms with E-state index >= 15 is 0 Å². The van der Waals surface area contributed by atoms with Crippen molar-refractivity contribution in [1.82, 2.24) is 4.31 Å². The summed E-state index contributed by atoms with van der Waals surface area (Å²) in [6.45, 7) is 0.623. The summed E-state index contributed by atoms with van der Waals surface area (Å²) in [5.74, 6) is -0.479. The average molecular weight is 506 g/mol. The molecule has 1 heterocycles. The molecular weight excluding hydrogens is 487 g/mol. The zero-order chi connectivity index (χ0) is 20.3. The van der Waals surface area contributed by atoms with E-state index in [2.05, 4.69) is 21.2 Å². The van der Waals surface area contributed by atoms with Crippen molar-refractivity contribution in [2.75, 3.05) is 18.4 Å². The smallest absolute Gasteiger partial charge is 0.227 e. The van der Waals surface area contributed by atoms with Crippen LogP contribution in [0, 0.1) is 5.92 Å². The third kappa shape index (κ3) is 5.48. The Morgan fingerprint density at radius 3 is 2.36 bits per heavy atom. The predicted octanol–water partition coefficient (Wildman–Crippen LogP) is 4.94. The first kappa shape index (κ1) is 21.6. The number of carbonyl (C=O) groups is 1. The Morgan fingerprint density at radius 1 is 1.11 bits per heavy atom. The fourth-order valence-electron chi connectivity index (χ4n) is 3.10. The average Bonchev–Trinajstić information content (AvgIpc) is 2.66. The van der Waals surface area contributed by atoms with E-state index in [4.69, 9.17) is 23.2 Å². The summed E-state index contributed by atoms with van der Waals surface area (Å²) in [7, 11) is -3.52. The molecule has 0 atom stereocenters. The van der Waals surface area contributed by atoms with Crippen LogP contribution in [0.15, 0.2) is 46.9 Å². The number of hydrogen-bond acceptors (Lipinski definition) is 3. The molecule has 3 rings (SSSR count). The lowest BCUT2D eigenvalue weighted by Crippen LogP contribution is -2.41. The minimum absolute atomic E-state index is 0.0832. The van der Waals surface area contributed by atoms with Crippen LogP contribution in [0.1, 0.15) is 18.4 Å². The van der Waals surface area contributed by atoms with Crippen molar-refractivity contribution in [3.63, 3.8) is 0 Å². The molecule has 1 aliphatic rings. The van der Waals surface area contributed by atoms with Gasteiger partial charge in [0.2, 0.25) is 15.9 Å². The van der Waals surface area contributed by atoms with E-state index < -0.39 is 10.0 Å². The van der Waals surface area contributed by atoms with Gasteiger partial charge >= 0.3 is 0 Å². The Morgan fingerprint density at radius 2 is 1.75 bits per heavy atom. The van der Waals surface area contributed by atoms with Crippen LogP contribution in [-0.2, 0) is 20.6 Å². The van der Waals surface area contributed by atoms with E-state index in [-0.39, 0.29) is 17.6 Å². The van der Waals surface area contributed by atoms with Crippen molar-refractivity contribution < 1.29 is 13.2 Å². The molecule has 0 unspecified atom stereocenters. The van der Waals surface area contributed by atoms with Crippen LogP contribution in [0.2, 0.25) is 10.0 Å². The van der Waals surface area contributed by atoms with E-state index in [1.807, 2.05) is 24.3 Å². The topological polar surface area (TPSA) is 66.5 Å². The maximum absolute atomic E-state index is 12.7. The van der Waals surface area contributed by atoms with Crippen LogP contribution in [-0.4, -0.2) is 31.7 Å². The summed E-state index contributed by atoms with van der Waals surface area (Å²) in [4.78, 5) is 12.5. The molecule has 0 aromatic heterocycles. The molecule has 0 radical (unpaired) electrons. The van der Waals surface area contributed by atoms with Gasteiger partial charge in [-0.05, 0) is 54.8 Å². The molecule has 1 fully saturated rings. The van der Waals surface area contributed by atoms with Crippen LogP contribution in [0.4, 0.5) is 5.69 Å². The van der Waals surface area contributed by atoms with Crippen LogP contribution >= 0.6 is 39.1 Å². The van der Waals surface area contributed by atoms with E-state index in [9.17, 15) is 13.2 Å². The second-order valence-corrected chi connectivity index (χ2v) is 10.4. The molecular formula is C19H19BrCl2N2O3S. The molecule has 1 N–H and O–H groups in total. The predicted molar refractivity (Wildman–Crippen MR) is 116 cm³/mol. The van der Waals surface area contributed by atoms with Gasteiger partial charge in [0.25, 0.3) is 0 Å². The lowest BCUT2D eigenvalue weighted by atomic mass is 9.97. The lowest BCUT2D eigenvalue weighted by Gasteiger charge is -2.30. The molecule has 1 saturated heterocycles. The molecule has 5 nitrogen and oxygen atoms in total. The fraction of sp³-hybridized carbons (Fsp3) is 0.316. The first-order valence-electron chi connectivity index (χ1n) is 8.73. The number of hydrogen-bond donors (Lipinski definition) is 1. The van der Waals surface area contributed by atoms with E-state index in [0.29, 0.717) is 41.5 Å². The molecule has 150 valence electrons. The number of piperidine rings is 1. The quantitative estimate of drug-likeness (QED) is 0.626. The van der Waals surface area contributed by atoms with Gasteiger partial charge in [-0.3, -0.25) is 4.79 Å². The van der Waals surface area contributed by atoms with Gasteiger partial charge in [0.15, 0.2) is 0 Å². The third-order valence-electron chi connectivity index (χ3n) is 4.68. The highest BCUT2D eigenvalue weighted by atomic mass is 79.9. The summed E-state index contributed by atoms with van der Waals surface area (Å²) in [5, 5.41) is 3.68. The first-order valence-corrected chi connectivity index (χ1v) is 11.9. The summed E-state index contributed by atoms with van der Waals surface area (Å²) in [5.41, 5.74) is 1.24. The van der Waals surface area contributed by atoms with Gasteiger partial charge in [-0.2, -0.15) is 0 Å². The van der Waals surface area contributed by atoms with Crippen LogP contribution < -0.4 is 5.32 Å². The van der Waals surface area contributed by atoms with Crippen molar-refractivity contribution in [2.45, 2.75) is 18.6 Å². The SMILES string of the molecule is O=C(Nc1ccc(Br)cc1)C1CCN(S(=O)(=O)Cc2ccc(Cl)cc2Cl)CC1. The highest BCUT2D eigenvalue weighted by Gasteiger charge is 2.31. The molecule has 2 aromatic carbocycles. The second-order valence-electron chi connectivity index (χ2n) is 6.66. The Kier molecular flexibility index (Phi) is 7.04. The number of anilines is 1. The van der Waals surface area contributed by atoms with Crippen LogP contribution in [0.25, 0.3) is 0 Å². The van der Waals surface area contributed by atoms with Gasteiger partial charge in [0.1, 0.15) is 0 Å². The molecule has 0 saturated carbocycles. The van der Waals surface area contributed by atoms with Gasteiger partial charge < -0.3 is 5.32 Å². The summed E-state index contributed by atoms with van der Waals surface area (Å²) in [6.07, 6.45) is 0.964. The van der Waals surface area contributed by atoms with Crippen molar-refractivity contribution in [1.29, 1.82) is 0 Å². The maximum atomic E-state index is 12.7. The van der Waals surface area contributed by atoms with Gasteiger partial charge in [-0.25, -0.2) is 12.7 Å². The van der Waals surface area contributed by atoms with Crippen molar-refractivity contribution in [2.24, 2.45) is 5.92 Å². The first-order chi connectivity index (χ1) is 13.2. The number of rotatable bonds is 5. The number of benzene rings is 2. The third-order valence-corrected chi connectivity index (χ3v) is 7.63. The molecule has 28 heavy (non-hydrogen) atoms. The Hall–Kier alpha value is -1.12. The van der Waals surface area contributed by atoms with Gasteiger partial charge in [0.05, 0.1) is 5.75 Å². The monoisotopic (exact) mass is 504 g/mol. The fourth-order valence-corrected chi connectivity index (χ4v) is 5.51. The molecule has 1 aliphatic heterocycles. The van der Waals surface area contributed by atoms with Crippen molar-refractivity contribution >= 4 is 60.7 Å². The number of carbonyl (C=O) groups excluding carboxylic acids is 1. The number of amides is 1. The van der Waals surface area contributed by atoms with Gasteiger partial charge in [0, 0.05) is 39.2 Å². The summed E-state index contributed by atoms with van der Waals surface area (Å²) in [6, 6.07) is 12.1. The molecule has 0 aliphatic carbocycles. The molecule has 1 amide bonds. The van der Waals surface area contributed by atoms with Gasteiger partial charge in [-0.1, -0.05) is 45.2 Å². The highest BCUT2D eigenvalue weighted by Crippen LogP contribution is 2.27. The normalized spacial score (nSPS) is 16.1. The number of nitrogens with one attached hydrogen (secondary N) is 1. The second kappa shape index (κ2) is 9.13. The van der Waals surface area contributed by atoms with Crippen molar-refractivity contribution in [3.8, 4) is 0 Å². The Bertz CT molecular complexity index is 960. The Balaban J connectivity index is 1.57.